The molecule has 0 spiro atoms. The summed E-state index contributed by atoms with van der Waals surface area (Å²) in [6.45, 7) is 0. The zero-order chi connectivity index (χ0) is 33.5. The summed E-state index contributed by atoms with van der Waals surface area (Å²) >= 11 is 0. The molecule has 0 N–H and O–H groups in total. The monoisotopic (exact) mass is 646 g/mol. The highest BCUT2D eigenvalue weighted by molar-refractivity contribution is 6.23. The molecule has 0 fully saturated rings. The molecule has 1 nitrogen and oxygen atoms in total. The highest BCUT2D eigenvalue weighted by atomic mass is 16.3. The molecule has 1 heteroatoms. The fourth-order valence-corrected chi connectivity index (χ4v) is 8.46. The van der Waals surface area contributed by atoms with Crippen molar-refractivity contribution in [2.24, 2.45) is 0 Å². The van der Waals surface area contributed by atoms with Crippen LogP contribution in [0.25, 0.3) is 109 Å². The van der Waals surface area contributed by atoms with E-state index < -0.39 is 0 Å². The normalized spacial score (nSPS) is 11.9. The Hall–Kier alpha value is -6.70. The molecule has 0 saturated heterocycles. The van der Waals surface area contributed by atoms with Crippen LogP contribution in [0.3, 0.4) is 0 Å². The van der Waals surface area contributed by atoms with Gasteiger partial charge in [-0.2, -0.15) is 0 Å². The third-order valence-electron chi connectivity index (χ3n) is 10.8. The fourth-order valence-electron chi connectivity index (χ4n) is 8.46. The number of fused-ring (bicyclic) bond motifs is 8. The van der Waals surface area contributed by atoms with Gasteiger partial charge in [-0.25, -0.2) is 0 Å². The van der Waals surface area contributed by atoms with Gasteiger partial charge in [0.1, 0.15) is 11.2 Å². The van der Waals surface area contributed by atoms with E-state index >= 15 is 0 Å². The van der Waals surface area contributed by atoms with Crippen molar-refractivity contribution in [3.05, 3.63) is 182 Å². The van der Waals surface area contributed by atoms with Crippen LogP contribution in [0.4, 0.5) is 0 Å². The van der Waals surface area contributed by atoms with Crippen molar-refractivity contribution in [2.75, 3.05) is 0 Å². The third kappa shape index (κ3) is 4.28. The highest BCUT2D eigenvalue weighted by Gasteiger charge is 2.20. The van der Waals surface area contributed by atoms with Crippen LogP contribution in [0.15, 0.2) is 186 Å². The zero-order valence-electron chi connectivity index (χ0n) is 27.7. The van der Waals surface area contributed by atoms with Crippen LogP contribution in [-0.2, 0) is 0 Å². The van der Waals surface area contributed by atoms with Gasteiger partial charge in [0.05, 0.1) is 0 Å². The Bertz CT molecular complexity index is 3140. The molecule has 11 rings (SSSR count). The maximum Gasteiger partial charge on any atom is 0.143 e. The van der Waals surface area contributed by atoms with Crippen molar-refractivity contribution in [1.29, 1.82) is 0 Å². The molecule has 0 atom stereocenters. The van der Waals surface area contributed by atoms with Gasteiger partial charge in [0.15, 0.2) is 0 Å². The molecule has 1 heterocycles. The molecular weight excluding hydrogens is 617 g/mol. The van der Waals surface area contributed by atoms with Crippen molar-refractivity contribution in [3.63, 3.8) is 0 Å². The predicted molar refractivity (Wildman–Crippen MR) is 218 cm³/mol. The largest absolute Gasteiger partial charge is 0.455 e. The van der Waals surface area contributed by atoms with Crippen molar-refractivity contribution in [3.8, 4) is 33.4 Å². The van der Waals surface area contributed by atoms with Crippen LogP contribution >= 0.6 is 0 Å². The van der Waals surface area contributed by atoms with E-state index in [4.69, 9.17) is 4.42 Å². The van der Waals surface area contributed by atoms with Crippen LogP contribution in [0.1, 0.15) is 0 Å². The first-order chi connectivity index (χ1) is 25.3. The molecule has 0 radical (unpaired) electrons. The quantitative estimate of drug-likeness (QED) is 0.174. The summed E-state index contributed by atoms with van der Waals surface area (Å²) in [6, 6.07) is 66.3. The second kappa shape index (κ2) is 10.9. The van der Waals surface area contributed by atoms with Gasteiger partial charge in [0, 0.05) is 16.3 Å². The second-order valence-electron chi connectivity index (χ2n) is 13.6. The molecule has 0 saturated carbocycles. The molecule has 0 aliphatic rings. The summed E-state index contributed by atoms with van der Waals surface area (Å²) in [5.41, 5.74) is 9.01. The molecule has 0 unspecified atom stereocenters. The van der Waals surface area contributed by atoms with Crippen molar-refractivity contribution in [2.45, 2.75) is 0 Å². The molecule has 236 valence electrons. The van der Waals surface area contributed by atoms with E-state index in [-0.39, 0.29) is 0 Å². The average Bonchev–Trinajstić information content (AvgIpc) is 3.55. The minimum Gasteiger partial charge on any atom is -0.455 e. The van der Waals surface area contributed by atoms with Crippen molar-refractivity contribution < 1.29 is 4.42 Å². The average molecular weight is 647 g/mol. The molecule has 11 aromatic rings. The Balaban J connectivity index is 1.18. The van der Waals surface area contributed by atoms with Crippen LogP contribution in [-0.4, -0.2) is 0 Å². The lowest BCUT2D eigenvalue weighted by Crippen LogP contribution is -1.91. The number of rotatable bonds is 3. The van der Waals surface area contributed by atoms with Gasteiger partial charge in [-0.05, 0) is 112 Å². The molecule has 0 aliphatic heterocycles. The van der Waals surface area contributed by atoms with Crippen molar-refractivity contribution >= 4 is 75.8 Å². The van der Waals surface area contributed by atoms with E-state index in [9.17, 15) is 0 Å². The minimum absolute atomic E-state index is 0.895. The van der Waals surface area contributed by atoms with Crippen LogP contribution in [0.2, 0.25) is 0 Å². The first-order valence-electron chi connectivity index (χ1n) is 17.6. The molecule has 51 heavy (non-hydrogen) atoms. The Morgan fingerprint density at radius 3 is 1.25 bits per heavy atom. The standard InChI is InChI=1S/C50H30O/c1-3-13-33-27-36(23-21-31(33)11-1)47-41-17-7-9-19-43(41)48(44-20-10-8-18-42(44)47)38-25-26-40-45-29-35-15-5-6-16-39(35)49(50(45)51-46(40)30-38)37-24-22-32-12-2-4-14-34(32)28-37/h1-30H. The summed E-state index contributed by atoms with van der Waals surface area (Å²) in [6.07, 6.45) is 0. The zero-order valence-corrected chi connectivity index (χ0v) is 27.7. The second-order valence-corrected chi connectivity index (χ2v) is 13.6. The molecule has 0 amide bonds. The first kappa shape index (κ1) is 28.2. The number of hydrogen-bond donors (Lipinski definition) is 0. The Labute approximate surface area is 294 Å². The fraction of sp³-hybridized carbons (Fsp3) is 0. The third-order valence-corrected chi connectivity index (χ3v) is 10.8. The van der Waals surface area contributed by atoms with Gasteiger partial charge in [-0.3, -0.25) is 0 Å². The van der Waals surface area contributed by atoms with Crippen molar-refractivity contribution in [1.82, 2.24) is 0 Å². The Morgan fingerprint density at radius 2 is 0.686 bits per heavy atom. The maximum absolute atomic E-state index is 6.98. The SMILES string of the molecule is c1ccc2cc(-c3c4ccccc4c(-c4ccc5c(c4)oc4c(-c6ccc7ccccc7c6)c6ccccc6cc45)c4ccccc34)ccc2c1. The van der Waals surface area contributed by atoms with Crippen LogP contribution < -0.4 is 0 Å². The lowest BCUT2D eigenvalue weighted by Gasteiger charge is -2.18. The molecular formula is C50H30O. The van der Waals surface area contributed by atoms with E-state index in [1.807, 2.05) is 0 Å². The van der Waals surface area contributed by atoms with E-state index in [1.165, 1.54) is 70.6 Å². The van der Waals surface area contributed by atoms with E-state index in [0.29, 0.717) is 0 Å². The first-order valence-corrected chi connectivity index (χ1v) is 17.6. The number of benzene rings is 10. The predicted octanol–water partition coefficient (Wildman–Crippen LogP) is 14.4. The molecule has 0 aliphatic carbocycles. The van der Waals surface area contributed by atoms with Gasteiger partial charge in [0.2, 0.25) is 0 Å². The summed E-state index contributed by atoms with van der Waals surface area (Å²) in [5.74, 6) is 0. The minimum atomic E-state index is 0.895. The van der Waals surface area contributed by atoms with Crippen LogP contribution in [0.5, 0.6) is 0 Å². The topological polar surface area (TPSA) is 13.1 Å². The summed E-state index contributed by atoms with van der Waals surface area (Å²) in [7, 11) is 0. The van der Waals surface area contributed by atoms with Gasteiger partial charge < -0.3 is 4.42 Å². The molecule has 1 aromatic heterocycles. The smallest absolute Gasteiger partial charge is 0.143 e. The van der Waals surface area contributed by atoms with Gasteiger partial charge in [-0.15, -0.1) is 0 Å². The summed E-state index contributed by atoms with van der Waals surface area (Å²) in [4.78, 5) is 0. The van der Waals surface area contributed by atoms with Crippen LogP contribution in [0, 0.1) is 0 Å². The summed E-state index contributed by atoms with van der Waals surface area (Å²) in [5, 5.41) is 14.6. The van der Waals surface area contributed by atoms with E-state index in [1.54, 1.807) is 0 Å². The van der Waals surface area contributed by atoms with E-state index in [2.05, 4.69) is 182 Å². The van der Waals surface area contributed by atoms with E-state index in [0.717, 1.165) is 38.6 Å². The van der Waals surface area contributed by atoms with Gasteiger partial charge in [-0.1, -0.05) is 152 Å². The summed E-state index contributed by atoms with van der Waals surface area (Å²) < 4.78 is 6.98. The Kier molecular flexibility index (Phi) is 6.02. The highest BCUT2D eigenvalue weighted by Crippen LogP contribution is 2.46. The lowest BCUT2D eigenvalue weighted by molar-refractivity contribution is 0.670. The molecule has 0 bridgehead atoms. The lowest BCUT2D eigenvalue weighted by atomic mass is 9.85. The Morgan fingerprint density at radius 1 is 0.255 bits per heavy atom. The number of furan rings is 1. The molecule has 10 aromatic carbocycles. The maximum atomic E-state index is 6.98. The van der Waals surface area contributed by atoms with Gasteiger partial charge >= 0.3 is 0 Å². The number of hydrogen-bond acceptors (Lipinski definition) is 1. The van der Waals surface area contributed by atoms with Gasteiger partial charge in [0.25, 0.3) is 0 Å².